The largest absolute Gasteiger partial charge is 0.496 e. The molecular formula is C14H14ClFN2O. The van der Waals surface area contributed by atoms with E-state index in [9.17, 15) is 4.39 Å². The summed E-state index contributed by atoms with van der Waals surface area (Å²) in [6.45, 7) is 1.05. The predicted octanol–water partition coefficient (Wildman–Crippen LogP) is 3.17. The molecule has 5 heteroatoms. The van der Waals surface area contributed by atoms with E-state index in [1.807, 2.05) is 18.2 Å². The number of methoxy groups -OCH3 is 1. The number of pyridine rings is 1. The van der Waals surface area contributed by atoms with E-state index in [0.717, 1.165) is 16.9 Å². The second-order valence-corrected chi connectivity index (χ2v) is 4.44. The van der Waals surface area contributed by atoms with Crippen LogP contribution in [0.5, 0.6) is 5.75 Å². The maximum absolute atomic E-state index is 13.0. The lowest BCUT2D eigenvalue weighted by molar-refractivity contribution is 0.407. The van der Waals surface area contributed by atoms with Crippen molar-refractivity contribution in [1.29, 1.82) is 0 Å². The van der Waals surface area contributed by atoms with Crippen LogP contribution < -0.4 is 10.1 Å². The Hall–Kier alpha value is -1.65. The van der Waals surface area contributed by atoms with Crippen molar-refractivity contribution in [2.75, 3.05) is 7.11 Å². The molecule has 0 unspecified atom stereocenters. The minimum absolute atomic E-state index is 0.338. The summed E-state index contributed by atoms with van der Waals surface area (Å²) in [5.41, 5.74) is 1.67. The van der Waals surface area contributed by atoms with Crippen LogP contribution in [0.3, 0.4) is 0 Å². The Morgan fingerprint density at radius 2 is 2.16 bits per heavy atom. The standard InChI is InChI=1S/C14H14ClFN2O/c1-19-14-4-2-3-13(15)12(14)9-18-7-10-5-11(16)8-17-6-10/h2-6,8,18H,7,9H2,1H3. The van der Waals surface area contributed by atoms with Crippen molar-refractivity contribution in [3.8, 4) is 5.75 Å². The lowest BCUT2D eigenvalue weighted by atomic mass is 10.2. The van der Waals surface area contributed by atoms with Crippen LogP contribution in [0.2, 0.25) is 5.02 Å². The highest BCUT2D eigenvalue weighted by molar-refractivity contribution is 6.31. The van der Waals surface area contributed by atoms with E-state index in [-0.39, 0.29) is 5.82 Å². The topological polar surface area (TPSA) is 34.1 Å². The number of nitrogens with zero attached hydrogens (tertiary/aromatic N) is 1. The fourth-order valence-electron chi connectivity index (χ4n) is 1.79. The molecule has 1 N–H and O–H groups in total. The van der Waals surface area contributed by atoms with Crippen LogP contribution in [0.25, 0.3) is 0 Å². The van der Waals surface area contributed by atoms with Crippen molar-refractivity contribution >= 4 is 11.6 Å². The van der Waals surface area contributed by atoms with Crippen molar-refractivity contribution in [2.45, 2.75) is 13.1 Å². The fraction of sp³-hybridized carbons (Fsp3) is 0.214. The zero-order chi connectivity index (χ0) is 13.7. The van der Waals surface area contributed by atoms with E-state index in [2.05, 4.69) is 10.3 Å². The number of nitrogens with one attached hydrogen (secondary N) is 1. The molecule has 0 atom stereocenters. The van der Waals surface area contributed by atoms with Crippen LogP contribution in [0.1, 0.15) is 11.1 Å². The van der Waals surface area contributed by atoms with Gasteiger partial charge in [-0.1, -0.05) is 17.7 Å². The van der Waals surface area contributed by atoms with Gasteiger partial charge in [-0.15, -0.1) is 0 Å². The fourth-order valence-corrected chi connectivity index (χ4v) is 2.02. The van der Waals surface area contributed by atoms with Gasteiger partial charge in [0.25, 0.3) is 0 Å². The van der Waals surface area contributed by atoms with Gasteiger partial charge >= 0.3 is 0 Å². The van der Waals surface area contributed by atoms with Gasteiger partial charge in [0.1, 0.15) is 11.6 Å². The predicted molar refractivity (Wildman–Crippen MR) is 72.7 cm³/mol. The lowest BCUT2D eigenvalue weighted by Crippen LogP contribution is -2.14. The quantitative estimate of drug-likeness (QED) is 0.913. The van der Waals surface area contributed by atoms with Gasteiger partial charge in [0.05, 0.1) is 13.3 Å². The second-order valence-electron chi connectivity index (χ2n) is 4.04. The van der Waals surface area contributed by atoms with Crippen molar-refractivity contribution in [2.24, 2.45) is 0 Å². The van der Waals surface area contributed by atoms with Crippen molar-refractivity contribution in [3.63, 3.8) is 0 Å². The Morgan fingerprint density at radius 3 is 2.89 bits per heavy atom. The van der Waals surface area contributed by atoms with Gasteiger partial charge in [-0.05, 0) is 23.8 Å². The summed E-state index contributed by atoms with van der Waals surface area (Å²) in [5.74, 6) is 0.395. The smallest absolute Gasteiger partial charge is 0.141 e. The number of benzene rings is 1. The normalized spacial score (nSPS) is 10.5. The molecule has 0 aliphatic heterocycles. The lowest BCUT2D eigenvalue weighted by Gasteiger charge is -2.11. The second kappa shape index (κ2) is 6.50. The molecular weight excluding hydrogens is 267 g/mol. The number of rotatable bonds is 5. The Bertz CT molecular complexity index is 563. The Morgan fingerprint density at radius 1 is 1.32 bits per heavy atom. The van der Waals surface area contributed by atoms with E-state index in [1.54, 1.807) is 13.3 Å². The molecule has 100 valence electrons. The highest BCUT2D eigenvalue weighted by Crippen LogP contribution is 2.25. The van der Waals surface area contributed by atoms with Crippen LogP contribution >= 0.6 is 11.6 Å². The van der Waals surface area contributed by atoms with Crippen molar-refractivity contribution in [1.82, 2.24) is 10.3 Å². The zero-order valence-corrected chi connectivity index (χ0v) is 11.2. The van der Waals surface area contributed by atoms with Gasteiger partial charge in [-0.2, -0.15) is 0 Å². The number of aromatic nitrogens is 1. The summed E-state index contributed by atoms with van der Waals surface area (Å²) in [5, 5.41) is 3.83. The van der Waals surface area contributed by atoms with Crippen LogP contribution in [0, 0.1) is 5.82 Å². The first kappa shape index (κ1) is 13.8. The number of hydrogen-bond donors (Lipinski definition) is 1. The first-order chi connectivity index (χ1) is 9.20. The van der Waals surface area contributed by atoms with Crippen LogP contribution in [-0.4, -0.2) is 12.1 Å². The molecule has 0 aliphatic rings. The molecule has 0 bridgehead atoms. The first-order valence-electron chi connectivity index (χ1n) is 5.82. The summed E-state index contributed by atoms with van der Waals surface area (Å²) < 4.78 is 18.2. The average molecular weight is 281 g/mol. The Balaban J connectivity index is 2.00. The van der Waals surface area contributed by atoms with E-state index in [4.69, 9.17) is 16.3 Å². The third-order valence-corrected chi connectivity index (χ3v) is 3.04. The molecule has 0 radical (unpaired) electrons. The molecule has 0 amide bonds. The highest BCUT2D eigenvalue weighted by atomic mass is 35.5. The van der Waals surface area contributed by atoms with E-state index in [1.165, 1.54) is 12.3 Å². The summed E-state index contributed by atoms with van der Waals surface area (Å²) in [4.78, 5) is 3.80. The summed E-state index contributed by atoms with van der Waals surface area (Å²) in [6, 6.07) is 6.95. The van der Waals surface area contributed by atoms with Gasteiger partial charge in [-0.25, -0.2) is 4.39 Å². The molecule has 2 aromatic rings. The van der Waals surface area contributed by atoms with Crippen molar-refractivity contribution in [3.05, 3.63) is 58.6 Å². The highest BCUT2D eigenvalue weighted by Gasteiger charge is 2.07. The maximum Gasteiger partial charge on any atom is 0.141 e. The van der Waals surface area contributed by atoms with Gasteiger partial charge < -0.3 is 10.1 Å². The minimum Gasteiger partial charge on any atom is -0.496 e. The van der Waals surface area contributed by atoms with Gasteiger partial charge in [-0.3, -0.25) is 4.98 Å². The third kappa shape index (κ3) is 3.66. The maximum atomic E-state index is 13.0. The molecule has 19 heavy (non-hydrogen) atoms. The van der Waals surface area contributed by atoms with E-state index >= 15 is 0 Å². The van der Waals surface area contributed by atoms with Crippen LogP contribution in [-0.2, 0) is 13.1 Å². The Labute approximate surface area is 116 Å². The molecule has 1 aromatic heterocycles. The van der Waals surface area contributed by atoms with Crippen LogP contribution in [0.15, 0.2) is 36.7 Å². The molecule has 0 spiro atoms. The van der Waals surface area contributed by atoms with Crippen molar-refractivity contribution < 1.29 is 9.13 Å². The summed E-state index contributed by atoms with van der Waals surface area (Å²) >= 11 is 6.12. The molecule has 3 nitrogen and oxygen atoms in total. The Kier molecular flexibility index (Phi) is 4.71. The van der Waals surface area contributed by atoms with Crippen LogP contribution in [0.4, 0.5) is 4.39 Å². The molecule has 1 aromatic carbocycles. The number of hydrogen-bond acceptors (Lipinski definition) is 3. The number of halogens is 2. The molecule has 1 heterocycles. The zero-order valence-electron chi connectivity index (χ0n) is 10.5. The van der Waals surface area contributed by atoms with Gasteiger partial charge in [0.2, 0.25) is 0 Å². The molecule has 0 fully saturated rings. The van der Waals surface area contributed by atoms with E-state index < -0.39 is 0 Å². The van der Waals surface area contributed by atoms with Gasteiger partial charge in [0, 0.05) is 29.9 Å². The molecule has 0 saturated carbocycles. The third-order valence-electron chi connectivity index (χ3n) is 2.69. The van der Waals surface area contributed by atoms with E-state index in [0.29, 0.717) is 18.1 Å². The minimum atomic E-state index is -0.338. The first-order valence-corrected chi connectivity index (χ1v) is 6.20. The monoisotopic (exact) mass is 280 g/mol. The SMILES string of the molecule is COc1cccc(Cl)c1CNCc1cncc(F)c1. The molecule has 2 rings (SSSR count). The number of ether oxygens (including phenoxy) is 1. The average Bonchev–Trinajstić information content (AvgIpc) is 2.40. The summed E-state index contributed by atoms with van der Waals surface area (Å²) in [6.07, 6.45) is 2.81. The molecule has 0 saturated heterocycles. The summed E-state index contributed by atoms with van der Waals surface area (Å²) in [7, 11) is 1.60. The molecule has 0 aliphatic carbocycles. The van der Waals surface area contributed by atoms with Gasteiger partial charge in [0.15, 0.2) is 0 Å².